The third-order valence-corrected chi connectivity index (χ3v) is 5.24. The van der Waals surface area contributed by atoms with Crippen molar-refractivity contribution >= 4 is 38.9 Å². The van der Waals surface area contributed by atoms with Gasteiger partial charge in [0.05, 0.1) is 6.04 Å². The highest BCUT2D eigenvalue weighted by Gasteiger charge is 2.17. The first-order valence-corrected chi connectivity index (χ1v) is 8.46. The summed E-state index contributed by atoms with van der Waals surface area (Å²) in [5.74, 6) is 0. The van der Waals surface area contributed by atoms with E-state index in [0.717, 1.165) is 23.6 Å². The van der Waals surface area contributed by atoms with Crippen LogP contribution in [-0.2, 0) is 0 Å². The highest BCUT2D eigenvalue weighted by atomic mass is 79.9. The number of aryl methyl sites for hydroxylation is 1. The summed E-state index contributed by atoms with van der Waals surface area (Å²) in [5, 5.41) is 8.75. The summed E-state index contributed by atoms with van der Waals surface area (Å²) < 4.78 is 1.17. The Morgan fingerprint density at radius 2 is 2.16 bits per heavy atom. The number of hydrogen-bond donors (Lipinski definition) is 1. The van der Waals surface area contributed by atoms with Gasteiger partial charge >= 0.3 is 0 Å². The van der Waals surface area contributed by atoms with E-state index in [0.29, 0.717) is 0 Å². The summed E-state index contributed by atoms with van der Waals surface area (Å²) in [5.41, 5.74) is 3.67. The van der Waals surface area contributed by atoms with Gasteiger partial charge in [-0.1, -0.05) is 30.7 Å². The second-order valence-corrected chi connectivity index (χ2v) is 6.58. The van der Waals surface area contributed by atoms with Crippen LogP contribution in [0, 0.1) is 6.92 Å². The first kappa shape index (κ1) is 15.0. The van der Waals surface area contributed by atoms with Gasteiger partial charge in [-0.2, -0.15) is 11.3 Å². The molecule has 0 saturated heterocycles. The molecule has 1 atom stereocenters. The Kier molecular flexibility index (Phi) is 5.46. The lowest BCUT2D eigenvalue weighted by molar-refractivity contribution is 0.598. The van der Waals surface area contributed by atoms with E-state index in [1.165, 1.54) is 15.6 Å². The van der Waals surface area contributed by atoms with Crippen LogP contribution in [0.4, 0.5) is 0 Å². The molecule has 2 rings (SSSR count). The maximum atomic E-state index is 6.12. The molecule has 0 aliphatic carbocycles. The smallest absolute Gasteiger partial charge is 0.0596 e. The molecule has 0 spiro atoms. The van der Waals surface area contributed by atoms with Crippen LogP contribution in [0.2, 0.25) is 5.02 Å². The lowest BCUT2D eigenvalue weighted by Crippen LogP contribution is -2.23. The van der Waals surface area contributed by atoms with Gasteiger partial charge in [-0.3, -0.25) is 0 Å². The van der Waals surface area contributed by atoms with Crippen LogP contribution in [-0.4, -0.2) is 6.54 Å². The SMILES string of the molecule is CCCNC(c1ccc(Cl)c(C)c1)c1cscc1Br. The third kappa shape index (κ3) is 3.60. The Morgan fingerprint density at radius 3 is 2.74 bits per heavy atom. The molecule has 1 aromatic heterocycles. The Labute approximate surface area is 132 Å². The fraction of sp³-hybridized carbons (Fsp3) is 0.333. The van der Waals surface area contributed by atoms with Gasteiger partial charge in [-0.05, 0) is 64.0 Å². The minimum atomic E-state index is 0.219. The van der Waals surface area contributed by atoms with E-state index >= 15 is 0 Å². The normalized spacial score (nSPS) is 12.6. The fourth-order valence-electron chi connectivity index (χ4n) is 2.04. The molecule has 102 valence electrons. The predicted molar refractivity (Wildman–Crippen MR) is 88.3 cm³/mol. The Morgan fingerprint density at radius 1 is 1.37 bits per heavy atom. The zero-order valence-electron chi connectivity index (χ0n) is 11.0. The van der Waals surface area contributed by atoms with E-state index in [1.54, 1.807) is 11.3 Å². The first-order valence-electron chi connectivity index (χ1n) is 6.34. The van der Waals surface area contributed by atoms with Gasteiger partial charge in [0.25, 0.3) is 0 Å². The maximum Gasteiger partial charge on any atom is 0.0596 e. The van der Waals surface area contributed by atoms with Gasteiger partial charge in [0.2, 0.25) is 0 Å². The van der Waals surface area contributed by atoms with Crippen molar-refractivity contribution in [2.45, 2.75) is 26.3 Å². The second kappa shape index (κ2) is 6.89. The molecule has 0 radical (unpaired) electrons. The lowest BCUT2D eigenvalue weighted by atomic mass is 9.99. The first-order chi connectivity index (χ1) is 9.13. The Bertz CT molecular complexity index is 553. The van der Waals surface area contributed by atoms with Gasteiger partial charge in [0.1, 0.15) is 0 Å². The minimum Gasteiger partial charge on any atom is -0.306 e. The molecular weight excluding hydrogens is 342 g/mol. The summed E-state index contributed by atoms with van der Waals surface area (Å²) in [4.78, 5) is 0. The predicted octanol–water partition coefficient (Wildman–Crippen LogP) is 5.56. The standard InChI is InChI=1S/C15H17BrClNS/c1-3-6-18-15(12-8-19-9-13(12)16)11-4-5-14(17)10(2)7-11/h4-5,7-9,15,18H,3,6H2,1-2H3. The monoisotopic (exact) mass is 357 g/mol. The number of thiophene rings is 1. The largest absolute Gasteiger partial charge is 0.306 e. The van der Waals surface area contributed by atoms with E-state index in [2.05, 4.69) is 51.1 Å². The van der Waals surface area contributed by atoms with Crippen LogP contribution >= 0.6 is 38.9 Å². The van der Waals surface area contributed by atoms with Crippen LogP contribution in [0.25, 0.3) is 0 Å². The zero-order chi connectivity index (χ0) is 13.8. The lowest BCUT2D eigenvalue weighted by Gasteiger charge is -2.19. The van der Waals surface area contributed by atoms with E-state index in [4.69, 9.17) is 11.6 Å². The van der Waals surface area contributed by atoms with Gasteiger partial charge in [0.15, 0.2) is 0 Å². The molecule has 1 nitrogen and oxygen atoms in total. The summed E-state index contributed by atoms with van der Waals surface area (Å²) in [6.45, 7) is 5.22. The molecule has 0 fully saturated rings. The Balaban J connectivity index is 2.37. The third-order valence-electron chi connectivity index (χ3n) is 3.07. The van der Waals surface area contributed by atoms with Crippen molar-refractivity contribution in [1.82, 2.24) is 5.32 Å². The van der Waals surface area contributed by atoms with E-state index in [9.17, 15) is 0 Å². The van der Waals surface area contributed by atoms with Gasteiger partial charge < -0.3 is 5.32 Å². The molecule has 1 heterocycles. The van der Waals surface area contributed by atoms with Crippen molar-refractivity contribution in [2.24, 2.45) is 0 Å². The molecule has 0 aliphatic heterocycles. The van der Waals surface area contributed by atoms with Crippen LogP contribution in [0.15, 0.2) is 33.4 Å². The number of halogens is 2. The van der Waals surface area contributed by atoms with Crippen molar-refractivity contribution in [2.75, 3.05) is 6.54 Å². The van der Waals surface area contributed by atoms with Gasteiger partial charge in [-0.25, -0.2) is 0 Å². The molecule has 0 aliphatic rings. The second-order valence-electron chi connectivity index (χ2n) is 4.57. The van der Waals surface area contributed by atoms with Crippen LogP contribution in [0.3, 0.4) is 0 Å². The summed E-state index contributed by atoms with van der Waals surface area (Å²) in [6, 6.07) is 6.47. The molecule has 1 unspecified atom stereocenters. The summed E-state index contributed by atoms with van der Waals surface area (Å²) in [7, 11) is 0. The molecule has 19 heavy (non-hydrogen) atoms. The number of rotatable bonds is 5. The molecule has 1 N–H and O–H groups in total. The van der Waals surface area contributed by atoms with Crippen molar-refractivity contribution in [3.8, 4) is 0 Å². The van der Waals surface area contributed by atoms with E-state index in [1.807, 2.05) is 13.0 Å². The van der Waals surface area contributed by atoms with Crippen molar-refractivity contribution in [3.63, 3.8) is 0 Å². The van der Waals surface area contributed by atoms with Gasteiger partial charge in [-0.15, -0.1) is 0 Å². The van der Waals surface area contributed by atoms with Crippen molar-refractivity contribution in [3.05, 3.63) is 55.1 Å². The van der Waals surface area contributed by atoms with Crippen LogP contribution in [0.5, 0.6) is 0 Å². The zero-order valence-corrected chi connectivity index (χ0v) is 14.2. The van der Waals surface area contributed by atoms with Crippen molar-refractivity contribution in [1.29, 1.82) is 0 Å². The Hall–Kier alpha value is -0.350. The average Bonchev–Trinajstić information content (AvgIpc) is 2.80. The van der Waals surface area contributed by atoms with E-state index in [-0.39, 0.29) is 6.04 Å². The molecule has 4 heteroatoms. The maximum absolute atomic E-state index is 6.12. The highest BCUT2D eigenvalue weighted by Crippen LogP contribution is 2.32. The molecule has 2 aromatic rings. The summed E-state index contributed by atoms with van der Waals surface area (Å²) in [6.07, 6.45) is 1.12. The fourth-order valence-corrected chi connectivity index (χ4v) is 3.71. The topological polar surface area (TPSA) is 12.0 Å². The molecule has 0 saturated carbocycles. The number of benzene rings is 1. The molecule has 0 amide bonds. The summed E-state index contributed by atoms with van der Waals surface area (Å²) >= 11 is 11.5. The van der Waals surface area contributed by atoms with Crippen LogP contribution < -0.4 is 5.32 Å². The number of hydrogen-bond acceptors (Lipinski definition) is 2. The molecular formula is C15H17BrClNS. The van der Waals surface area contributed by atoms with Crippen LogP contribution in [0.1, 0.15) is 36.1 Å². The van der Waals surface area contributed by atoms with Gasteiger partial charge in [0, 0.05) is 14.9 Å². The molecule has 0 bridgehead atoms. The highest BCUT2D eigenvalue weighted by molar-refractivity contribution is 9.10. The van der Waals surface area contributed by atoms with Crippen molar-refractivity contribution < 1.29 is 0 Å². The average molecular weight is 359 g/mol. The van der Waals surface area contributed by atoms with E-state index < -0.39 is 0 Å². The molecule has 1 aromatic carbocycles. The minimum absolute atomic E-state index is 0.219. The number of nitrogens with one attached hydrogen (secondary N) is 1. The quantitative estimate of drug-likeness (QED) is 0.737.